The molecule has 1 aromatic carbocycles. The van der Waals surface area contributed by atoms with Gasteiger partial charge in [-0.2, -0.15) is 8.42 Å². The summed E-state index contributed by atoms with van der Waals surface area (Å²) in [6.07, 6.45) is 2.16. The number of benzene rings is 1. The van der Waals surface area contributed by atoms with Crippen molar-refractivity contribution in [2.45, 2.75) is 45.2 Å². The van der Waals surface area contributed by atoms with Crippen molar-refractivity contribution < 1.29 is 13.2 Å². The number of rotatable bonds is 6. The monoisotopic (exact) mass is 364 g/mol. The van der Waals surface area contributed by atoms with E-state index in [9.17, 15) is 13.2 Å². The molecule has 0 saturated carbocycles. The van der Waals surface area contributed by atoms with Crippen LogP contribution in [0.15, 0.2) is 29.4 Å². The Bertz CT molecular complexity index is 887. The maximum atomic E-state index is 12.5. The maximum absolute atomic E-state index is 12.5. The van der Waals surface area contributed by atoms with Crippen molar-refractivity contribution in [3.8, 4) is 0 Å². The number of nitrogens with zero attached hydrogens (tertiary/aromatic N) is 2. The minimum atomic E-state index is -3.75. The summed E-state index contributed by atoms with van der Waals surface area (Å²) in [5.74, 6) is 0.434. The summed E-state index contributed by atoms with van der Waals surface area (Å²) in [5, 5.41) is 2.97. The molecule has 2 aromatic rings. The summed E-state index contributed by atoms with van der Waals surface area (Å²) in [7, 11) is -2.11. The van der Waals surface area contributed by atoms with Gasteiger partial charge in [-0.1, -0.05) is 6.92 Å². The minimum Gasteiger partial charge on any atom is -0.350 e. The van der Waals surface area contributed by atoms with Crippen LogP contribution in [0.25, 0.3) is 0 Å². The van der Waals surface area contributed by atoms with Gasteiger partial charge in [0.05, 0.1) is 11.9 Å². The molecule has 0 radical (unpaired) electrons. The Kier molecular flexibility index (Phi) is 5.52. The molecule has 0 spiro atoms. The van der Waals surface area contributed by atoms with E-state index in [4.69, 9.17) is 0 Å². The molecule has 8 heteroatoms. The molecule has 0 aliphatic carbocycles. The van der Waals surface area contributed by atoms with Crippen molar-refractivity contribution in [2.24, 2.45) is 7.05 Å². The molecule has 1 aromatic heterocycles. The van der Waals surface area contributed by atoms with Gasteiger partial charge in [0, 0.05) is 18.7 Å². The van der Waals surface area contributed by atoms with E-state index in [1.165, 1.54) is 10.8 Å². The number of hydrogen-bond acceptors (Lipinski definition) is 4. The van der Waals surface area contributed by atoms with Gasteiger partial charge in [0.25, 0.3) is 15.9 Å². The quantitative estimate of drug-likeness (QED) is 0.823. The van der Waals surface area contributed by atoms with E-state index in [0.29, 0.717) is 22.6 Å². The van der Waals surface area contributed by atoms with Crippen LogP contribution < -0.4 is 10.0 Å². The SMILES string of the molecule is CCC(C)NC(=O)c1ccc(NS(=O)(=O)c2cnc(C)n2C)c(C)c1. The van der Waals surface area contributed by atoms with E-state index in [1.807, 2.05) is 13.8 Å². The predicted molar refractivity (Wildman–Crippen MR) is 97.2 cm³/mol. The number of sulfonamides is 1. The van der Waals surface area contributed by atoms with Crippen LogP contribution in [0.1, 0.15) is 42.0 Å². The Morgan fingerprint density at radius 1 is 1.32 bits per heavy atom. The maximum Gasteiger partial charge on any atom is 0.279 e. The zero-order valence-corrected chi connectivity index (χ0v) is 15.9. The highest BCUT2D eigenvalue weighted by atomic mass is 32.2. The van der Waals surface area contributed by atoms with Crippen LogP contribution >= 0.6 is 0 Å². The summed E-state index contributed by atoms with van der Waals surface area (Å²) in [5.41, 5.74) is 1.59. The van der Waals surface area contributed by atoms with Crippen LogP contribution in [0.5, 0.6) is 0 Å². The van der Waals surface area contributed by atoms with Crippen molar-refractivity contribution in [1.82, 2.24) is 14.9 Å². The molecule has 0 fully saturated rings. The average molecular weight is 364 g/mol. The zero-order valence-electron chi connectivity index (χ0n) is 15.1. The fourth-order valence-corrected chi connectivity index (χ4v) is 3.56. The molecule has 0 aliphatic heterocycles. The average Bonchev–Trinajstić information content (AvgIpc) is 2.89. The van der Waals surface area contributed by atoms with Gasteiger partial charge >= 0.3 is 0 Å². The number of carbonyl (C=O) groups is 1. The first-order chi connectivity index (χ1) is 11.7. The van der Waals surface area contributed by atoms with E-state index >= 15 is 0 Å². The lowest BCUT2D eigenvalue weighted by Crippen LogP contribution is -2.31. The second-order valence-corrected chi connectivity index (χ2v) is 7.75. The third-order valence-electron chi connectivity index (χ3n) is 4.18. The first kappa shape index (κ1) is 19.0. The van der Waals surface area contributed by atoms with Gasteiger partial charge in [-0.3, -0.25) is 9.52 Å². The number of nitrogens with one attached hydrogen (secondary N) is 2. The molecule has 136 valence electrons. The molecule has 2 N–H and O–H groups in total. The van der Waals surface area contributed by atoms with Crippen molar-refractivity contribution in [2.75, 3.05) is 4.72 Å². The molecule has 7 nitrogen and oxygen atoms in total. The fraction of sp³-hybridized carbons (Fsp3) is 0.412. The lowest BCUT2D eigenvalue weighted by molar-refractivity contribution is 0.0939. The number of anilines is 1. The highest BCUT2D eigenvalue weighted by Crippen LogP contribution is 2.21. The fourth-order valence-electron chi connectivity index (χ4n) is 2.26. The highest BCUT2D eigenvalue weighted by molar-refractivity contribution is 7.92. The molecule has 1 amide bonds. The van der Waals surface area contributed by atoms with Gasteiger partial charge in [0.1, 0.15) is 5.82 Å². The van der Waals surface area contributed by atoms with Crippen molar-refractivity contribution in [1.29, 1.82) is 0 Å². The number of hydrogen-bond donors (Lipinski definition) is 2. The number of aromatic nitrogens is 2. The Balaban J connectivity index is 2.24. The molecule has 0 aliphatic rings. The van der Waals surface area contributed by atoms with Crippen LogP contribution in [0.4, 0.5) is 5.69 Å². The number of amides is 1. The van der Waals surface area contributed by atoms with E-state index in [-0.39, 0.29) is 17.0 Å². The largest absolute Gasteiger partial charge is 0.350 e. The van der Waals surface area contributed by atoms with Gasteiger partial charge in [-0.15, -0.1) is 0 Å². The molecular weight excluding hydrogens is 340 g/mol. The van der Waals surface area contributed by atoms with Crippen LogP contribution in [-0.4, -0.2) is 29.9 Å². The van der Waals surface area contributed by atoms with E-state index < -0.39 is 10.0 Å². The van der Waals surface area contributed by atoms with Crippen LogP contribution in [0.2, 0.25) is 0 Å². The van der Waals surface area contributed by atoms with Crippen molar-refractivity contribution in [3.63, 3.8) is 0 Å². The standard InChI is InChI=1S/C17H24N4O3S/c1-6-12(3)19-17(22)14-7-8-15(11(2)9-14)20-25(23,24)16-10-18-13(4)21(16)5/h7-10,12,20H,6H2,1-5H3,(H,19,22). The summed E-state index contributed by atoms with van der Waals surface area (Å²) in [6.45, 7) is 7.42. The smallest absolute Gasteiger partial charge is 0.279 e. The Morgan fingerprint density at radius 2 is 2.00 bits per heavy atom. The Labute approximate surface area is 148 Å². The van der Waals surface area contributed by atoms with Gasteiger partial charge in [0.15, 0.2) is 5.03 Å². The summed E-state index contributed by atoms with van der Waals surface area (Å²) in [4.78, 5) is 16.2. The molecule has 1 unspecified atom stereocenters. The molecule has 1 heterocycles. The van der Waals surface area contributed by atoms with Crippen LogP contribution in [-0.2, 0) is 17.1 Å². The summed E-state index contributed by atoms with van der Waals surface area (Å²) in [6, 6.07) is 4.96. The second kappa shape index (κ2) is 7.26. The van der Waals surface area contributed by atoms with Gasteiger partial charge in [-0.05, 0) is 51.0 Å². The Morgan fingerprint density at radius 3 is 2.52 bits per heavy atom. The first-order valence-corrected chi connectivity index (χ1v) is 9.56. The van der Waals surface area contributed by atoms with Crippen LogP contribution in [0, 0.1) is 13.8 Å². The lowest BCUT2D eigenvalue weighted by Gasteiger charge is -2.14. The van der Waals surface area contributed by atoms with Crippen LogP contribution in [0.3, 0.4) is 0 Å². The second-order valence-electron chi connectivity index (χ2n) is 6.12. The molecular formula is C17H24N4O3S. The van der Waals surface area contributed by atoms with Gasteiger partial charge in [0.2, 0.25) is 0 Å². The van der Waals surface area contributed by atoms with E-state index in [1.54, 1.807) is 39.1 Å². The topological polar surface area (TPSA) is 93.1 Å². The zero-order chi connectivity index (χ0) is 18.8. The third-order valence-corrected chi connectivity index (χ3v) is 5.59. The predicted octanol–water partition coefficient (Wildman–Crippen LogP) is 2.37. The van der Waals surface area contributed by atoms with Gasteiger partial charge in [-0.25, -0.2) is 4.98 Å². The highest BCUT2D eigenvalue weighted by Gasteiger charge is 2.20. The van der Waals surface area contributed by atoms with Gasteiger partial charge < -0.3 is 9.88 Å². The molecule has 25 heavy (non-hydrogen) atoms. The summed E-state index contributed by atoms with van der Waals surface area (Å²) < 4.78 is 29.1. The van der Waals surface area contributed by atoms with E-state index in [0.717, 1.165) is 6.42 Å². The number of imidazole rings is 1. The summed E-state index contributed by atoms with van der Waals surface area (Å²) >= 11 is 0. The van der Waals surface area contributed by atoms with E-state index in [2.05, 4.69) is 15.0 Å². The van der Waals surface area contributed by atoms with Crippen molar-refractivity contribution >= 4 is 21.6 Å². The van der Waals surface area contributed by atoms with Crippen molar-refractivity contribution in [3.05, 3.63) is 41.3 Å². The molecule has 2 rings (SSSR count). The first-order valence-electron chi connectivity index (χ1n) is 8.08. The molecule has 0 saturated heterocycles. The molecule has 0 bridgehead atoms. The molecule has 1 atom stereocenters. The lowest BCUT2D eigenvalue weighted by atomic mass is 10.1. The number of carbonyl (C=O) groups excluding carboxylic acids is 1. The number of aryl methyl sites for hydroxylation is 2. The Hall–Kier alpha value is -2.35. The minimum absolute atomic E-state index is 0.0825. The normalized spacial score (nSPS) is 12.7. The third kappa shape index (κ3) is 4.19.